The monoisotopic (exact) mass is 195 g/mol. The van der Waals surface area contributed by atoms with Crippen LogP contribution in [-0.4, -0.2) is 44.7 Å². The molecule has 0 saturated carbocycles. The summed E-state index contributed by atoms with van der Waals surface area (Å²) in [5.41, 5.74) is 0. The lowest BCUT2D eigenvalue weighted by Gasteiger charge is -2.09. The van der Waals surface area contributed by atoms with E-state index in [2.05, 4.69) is 5.32 Å². The molecule has 0 aromatic rings. The molecule has 0 aromatic carbocycles. The first-order valence-corrected chi connectivity index (χ1v) is 6.08. The van der Waals surface area contributed by atoms with Crippen LogP contribution in [0.4, 0.5) is 0 Å². The van der Waals surface area contributed by atoms with Crippen molar-refractivity contribution in [2.24, 2.45) is 0 Å². The predicted molar refractivity (Wildman–Crippen MR) is 48.9 cm³/mol. The van der Waals surface area contributed by atoms with Crippen molar-refractivity contribution in [2.45, 2.75) is 19.4 Å². The van der Waals surface area contributed by atoms with E-state index >= 15 is 0 Å². The van der Waals surface area contributed by atoms with Crippen molar-refractivity contribution < 1.29 is 13.5 Å². The van der Waals surface area contributed by atoms with Crippen LogP contribution in [0, 0.1) is 0 Å². The van der Waals surface area contributed by atoms with E-state index in [-0.39, 0.29) is 5.75 Å². The largest absolute Gasteiger partial charge is 0.392 e. The lowest BCUT2D eigenvalue weighted by Crippen LogP contribution is -2.28. The molecule has 0 bridgehead atoms. The van der Waals surface area contributed by atoms with E-state index in [1.807, 2.05) is 6.92 Å². The minimum Gasteiger partial charge on any atom is -0.392 e. The van der Waals surface area contributed by atoms with Crippen molar-refractivity contribution >= 4 is 9.84 Å². The summed E-state index contributed by atoms with van der Waals surface area (Å²) in [4.78, 5) is 0. The summed E-state index contributed by atoms with van der Waals surface area (Å²) in [6.45, 7) is 3.19. The van der Waals surface area contributed by atoms with Crippen LogP contribution in [-0.2, 0) is 9.84 Å². The molecule has 0 rings (SSSR count). The summed E-state index contributed by atoms with van der Waals surface area (Å²) >= 11 is 0. The van der Waals surface area contributed by atoms with E-state index in [4.69, 9.17) is 0 Å². The molecule has 4 nitrogen and oxygen atoms in total. The second-order valence-corrected chi connectivity index (χ2v) is 5.14. The summed E-state index contributed by atoms with van der Waals surface area (Å²) < 4.78 is 21.4. The minimum absolute atomic E-state index is 0.0551. The Morgan fingerprint density at radius 1 is 1.50 bits per heavy atom. The maximum Gasteiger partial charge on any atom is 0.147 e. The van der Waals surface area contributed by atoms with Gasteiger partial charge in [0.25, 0.3) is 0 Å². The zero-order valence-corrected chi connectivity index (χ0v) is 8.39. The fourth-order valence-electron chi connectivity index (χ4n) is 0.763. The second kappa shape index (κ2) is 5.50. The van der Waals surface area contributed by atoms with Crippen LogP contribution < -0.4 is 5.32 Å². The van der Waals surface area contributed by atoms with Gasteiger partial charge >= 0.3 is 0 Å². The fraction of sp³-hybridized carbons (Fsp3) is 1.00. The average Bonchev–Trinajstić information content (AvgIpc) is 1.95. The van der Waals surface area contributed by atoms with E-state index in [9.17, 15) is 13.5 Å². The van der Waals surface area contributed by atoms with Gasteiger partial charge in [0.1, 0.15) is 9.84 Å². The normalized spacial score (nSPS) is 14.6. The molecule has 1 atom stereocenters. The van der Waals surface area contributed by atoms with Crippen LogP contribution in [0.1, 0.15) is 13.3 Å². The smallest absolute Gasteiger partial charge is 0.147 e. The highest BCUT2D eigenvalue weighted by Crippen LogP contribution is 1.94. The van der Waals surface area contributed by atoms with Gasteiger partial charge in [-0.15, -0.1) is 0 Å². The number of hydrogen-bond acceptors (Lipinski definition) is 4. The van der Waals surface area contributed by atoms with Gasteiger partial charge in [-0.25, -0.2) is 8.42 Å². The minimum atomic E-state index is -2.93. The van der Waals surface area contributed by atoms with Gasteiger partial charge < -0.3 is 10.4 Å². The summed E-state index contributed by atoms with van der Waals surface area (Å²) in [5.74, 6) is 0.0551. The van der Waals surface area contributed by atoms with Crippen LogP contribution in [0.25, 0.3) is 0 Å². The SMILES string of the molecule is CCNCC(O)CCS(C)(=O)=O. The van der Waals surface area contributed by atoms with E-state index in [1.165, 1.54) is 6.26 Å². The third kappa shape index (κ3) is 7.97. The maximum absolute atomic E-state index is 10.7. The van der Waals surface area contributed by atoms with Gasteiger partial charge in [-0.1, -0.05) is 6.92 Å². The summed E-state index contributed by atoms with van der Waals surface area (Å²) in [6.07, 6.45) is 0.929. The zero-order valence-electron chi connectivity index (χ0n) is 7.58. The van der Waals surface area contributed by atoms with Crippen molar-refractivity contribution in [1.29, 1.82) is 0 Å². The molecule has 0 saturated heterocycles. The highest BCUT2D eigenvalue weighted by Gasteiger charge is 2.07. The number of nitrogens with one attached hydrogen (secondary N) is 1. The summed E-state index contributed by atoms with van der Waals surface area (Å²) in [6, 6.07) is 0. The number of hydrogen-bond donors (Lipinski definition) is 2. The molecule has 0 spiro atoms. The first-order valence-electron chi connectivity index (χ1n) is 4.02. The van der Waals surface area contributed by atoms with Gasteiger partial charge in [-0.3, -0.25) is 0 Å². The average molecular weight is 195 g/mol. The van der Waals surface area contributed by atoms with E-state index < -0.39 is 15.9 Å². The van der Waals surface area contributed by atoms with Crippen molar-refractivity contribution in [3.63, 3.8) is 0 Å². The highest BCUT2D eigenvalue weighted by atomic mass is 32.2. The molecule has 5 heteroatoms. The van der Waals surface area contributed by atoms with E-state index in [1.54, 1.807) is 0 Å². The van der Waals surface area contributed by atoms with E-state index in [0.717, 1.165) is 6.54 Å². The number of sulfone groups is 1. The zero-order chi connectivity index (χ0) is 9.61. The van der Waals surface area contributed by atoms with E-state index in [0.29, 0.717) is 13.0 Å². The molecule has 1 unspecified atom stereocenters. The molecule has 0 amide bonds. The molecule has 12 heavy (non-hydrogen) atoms. The Hall–Kier alpha value is -0.130. The van der Waals surface area contributed by atoms with Crippen LogP contribution >= 0.6 is 0 Å². The van der Waals surface area contributed by atoms with Crippen molar-refractivity contribution in [1.82, 2.24) is 5.32 Å². The number of rotatable bonds is 6. The molecule has 0 aromatic heterocycles. The molecular weight excluding hydrogens is 178 g/mol. The Morgan fingerprint density at radius 2 is 2.08 bits per heavy atom. The molecule has 0 aliphatic carbocycles. The topological polar surface area (TPSA) is 66.4 Å². The predicted octanol–water partition coefficient (Wildman–Crippen LogP) is -0.608. The van der Waals surface area contributed by atoms with Gasteiger partial charge in [0.15, 0.2) is 0 Å². The Labute approximate surface area is 73.9 Å². The molecule has 0 radical (unpaired) electrons. The summed E-state index contributed by atoms with van der Waals surface area (Å²) in [5, 5.41) is 12.2. The van der Waals surface area contributed by atoms with Crippen LogP contribution in [0.5, 0.6) is 0 Å². The van der Waals surface area contributed by atoms with Crippen molar-refractivity contribution in [3.8, 4) is 0 Å². The Balaban J connectivity index is 3.51. The van der Waals surface area contributed by atoms with Crippen molar-refractivity contribution in [2.75, 3.05) is 25.1 Å². The van der Waals surface area contributed by atoms with Gasteiger partial charge in [-0.05, 0) is 13.0 Å². The van der Waals surface area contributed by atoms with Crippen LogP contribution in [0.15, 0.2) is 0 Å². The third-order valence-corrected chi connectivity index (χ3v) is 2.43. The highest BCUT2D eigenvalue weighted by molar-refractivity contribution is 7.90. The molecule has 0 heterocycles. The van der Waals surface area contributed by atoms with Crippen LogP contribution in [0.3, 0.4) is 0 Å². The Morgan fingerprint density at radius 3 is 2.50 bits per heavy atom. The van der Waals surface area contributed by atoms with Gasteiger partial charge in [0.05, 0.1) is 11.9 Å². The number of aliphatic hydroxyl groups excluding tert-OH is 1. The number of aliphatic hydroxyl groups is 1. The van der Waals surface area contributed by atoms with Gasteiger partial charge in [0.2, 0.25) is 0 Å². The summed E-state index contributed by atoms with van der Waals surface area (Å²) in [7, 11) is -2.93. The van der Waals surface area contributed by atoms with Gasteiger partial charge in [0, 0.05) is 12.8 Å². The molecule has 0 fully saturated rings. The Kier molecular flexibility index (Phi) is 5.44. The number of likely N-dealkylation sites (N-methyl/N-ethyl adjacent to an activating group) is 1. The molecule has 0 aliphatic rings. The van der Waals surface area contributed by atoms with Crippen molar-refractivity contribution in [3.05, 3.63) is 0 Å². The first-order chi connectivity index (χ1) is 5.45. The van der Waals surface area contributed by atoms with Crippen LogP contribution in [0.2, 0.25) is 0 Å². The Bertz CT molecular complexity index is 201. The first kappa shape index (κ1) is 11.9. The molecule has 0 aliphatic heterocycles. The lowest BCUT2D eigenvalue weighted by atomic mass is 10.3. The third-order valence-electron chi connectivity index (χ3n) is 1.45. The standard InChI is InChI=1S/C7H17NO3S/c1-3-8-6-7(9)4-5-12(2,10)11/h7-9H,3-6H2,1-2H3. The van der Waals surface area contributed by atoms with Gasteiger partial charge in [-0.2, -0.15) is 0 Å². The fourth-order valence-corrected chi connectivity index (χ4v) is 1.46. The maximum atomic E-state index is 10.7. The molecule has 74 valence electrons. The quantitative estimate of drug-likeness (QED) is 0.593. The lowest BCUT2D eigenvalue weighted by molar-refractivity contribution is 0.169. The molecular formula is C7H17NO3S. The second-order valence-electron chi connectivity index (χ2n) is 2.88. The molecule has 2 N–H and O–H groups in total.